The monoisotopic (exact) mass is 248 g/mol. The van der Waals surface area contributed by atoms with Gasteiger partial charge in [-0.2, -0.15) is 0 Å². The molecular weight excluding hydrogens is 228 g/mol. The molecule has 1 N–H and O–H groups in total. The molecule has 0 spiro atoms. The highest BCUT2D eigenvalue weighted by Gasteiger charge is 2.16. The zero-order valence-corrected chi connectivity index (χ0v) is 11.0. The van der Waals surface area contributed by atoms with E-state index in [1.165, 1.54) is 0 Å². The summed E-state index contributed by atoms with van der Waals surface area (Å²) in [5.74, 6) is 0.864. The standard InChI is InChI=1S/C13H20N4O/c1-3-16-6-8-17(9-7-16)12-5-4-11(10-15-12)13(18)14-2/h4-5,10H,3,6-9H2,1-2H3,(H,14,18). The van der Waals surface area contributed by atoms with E-state index >= 15 is 0 Å². The van der Waals surface area contributed by atoms with Crippen LogP contribution in [0.25, 0.3) is 0 Å². The number of likely N-dealkylation sites (N-methyl/N-ethyl adjacent to an activating group) is 1. The molecule has 5 heteroatoms. The minimum atomic E-state index is -0.0927. The SMILES string of the molecule is CCN1CCN(c2ccc(C(=O)NC)cn2)CC1. The maximum Gasteiger partial charge on any atom is 0.252 e. The van der Waals surface area contributed by atoms with E-state index in [2.05, 4.69) is 27.0 Å². The van der Waals surface area contributed by atoms with Gasteiger partial charge < -0.3 is 15.1 Å². The van der Waals surface area contributed by atoms with Gasteiger partial charge in [0.25, 0.3) is 5.91 Å². The molecule has 0 radical (unpaired) electrons. The van der Waals surface area contributed by atoms with E-state index in [9.17, 15) is 4.79 Å². The first-order valence-corrected chi connectivity index (χ1v) is 6.40. The number of hydrogen-bond acceptors (Lipinski definition) is 4. The number of carbonyl (C=O) groups excluding carboxylic acids is 1. The lowest BCUT2D eigenvalue weighted by Gasteiger charge is -2.34. The van der Waals surface area contributed by atoms with Gasteiger partial charge in [-0.05, 0) is 18.7 Å². The second-order valence-electron chi connectivity index (χ2n) is 4.41. The van der Waals surface area contributed by atoms with Crippen molar-refractivity contribution in [3.8, 4) is 0 Å². The molecule has 98 valence electrons. The van der Waals surface area contributed by atoms with Gasteiger partial charge in [-0.25, -0.2) is 4.98 Å². The Kier molecular flexibility index (Phi) is 4.15. The minimum Gasteiger partial charge on any atom is -0.355 e. The van der Waals surface area contributed by atoms with Crippen LogP contribution in [0, 0.1) is 0 Å². The van der Waals surface area contributed by atoms with Gasteiger partial charge in [0, 0.05) is 39.4 Å². The number of rotatable bonds is 3. The van der Waals surface area contributed by atoms with Gasteiger partial charge in [0.05, 0.1) is 5.56 Å². The highest BCUT2D eigenvalue weighted by Crippen LogP contribution is 2.13. The van der Waals surface area contributed by atoms with Crippen LogP contribution in [-0.4, -0.2) is 55.6 Å². The van der Waals surface area contributed by atoms with E-state index in [4.69, 9.17) is 0 Å². The third-order valence-electron chi connectivity index (χ3n) is 3.38. The quantitative estimate of drug-likeness (QED) is 0.850. The van der Waals surface area contributed by atoms with Crippen LogP contribution < -0.4 is 10.2 Å². The Morgan fingerprint density at radius 1 is 1.33 bits per heavy atom. The first-order chi connectivity index (χ1) is 8.74. The van der Waals surface area contributed by atoms with Crippen molar-refractivity contribution in [2.45, 2.75) is 6.92 Å². The van der Waals surface area contributed by atoms with E-state index in [1.54, 1.807) is 13.2 Å². The topological polar surface area (TPSA) is 48.5 Å². The summed E-state index contributed by atoms with van der Waals surface area (Å²) >= 11 is 0. The van der Waals surface area contributed by atoms with E-state index in [1.807, 2.05) is 12.1 Å². The van der Waals surface area contributed by atoms with E-state index in [0.717, 1.165) is 38.5 Å². The highest BCUT2D eigenvalue weighted by molar-refractivity contribution is 5.93. The summed E-state index contributed by atoms with van der Waals surface area (Å²) in [6, 6.07) is 3.75. The third kappa shape index (κ3) is 2.79. The van der Waals surface area contributed by atoms with E-state index < -0.39 is 0 Å². The summed E-state index contributed by atoms with van der Waals surface area (Å²) < 4.78 is 0. The Hall–Kier alpha value is -1.62. The number of pyridine rings is 1. The molecule has 1 aliphatic rings. The highest BCUT2D eigenvalue weighted by atomic mass is 16.1. The summed E-state index contributed by atoms with van der Waals surface area (Å²) in [5, 5.41) is 2.59. The molecule has 0 aliphatic carbocycles. The molecule has 0 saturated carbocycles. The van der Waals surface area contributed by atoms with Crippen molar-refractivity contribution in [2.75, 3.05) is 44.7 Å². The molecule has 2 heterocycles. The van der Waals surface area contributed by atoms with Crippen LogP contribution in [0.5, 0.6) is 0 Å². The molecule has 1 aliphatic heterocycles. The van der Waals surface area contributed by atoms with E-state index in [-0.39, 0.29) is 5.91 Å². The van der Waals surface area contributed by atoms with Gasteiger partial charge in [0.15, 0.2) is 0 Å². The fraction of sp³-hybridized carbons (Fsp3) is 0.538. The number of hydrogen-bond donors (Lipinski definition) is 1. The fourth-order valence-corrected chi connectivity index (χ4v) is 2.14. The van der Waals surface area contributed by atoms with Gasteiger partial charge in [0.2, 0.25) is 0 Å². The molecule has 0 atom stereocenters. The zero-order valence-electron chi connectivity index (χ0n) is 11.0. The summed E-state index contributed by atoms with van der Waals surface area (Å²) in [5.41, 5.74) is 0.605. The number of carbonyl (C=O) groups is 1. The van der Waals surface area contributed by atoms with Crippen LogP contribution in [0.4, 0.5) is 5.82 Å². The largest absolute Gasteiger partial charge is 0.355 e. The van der Waals surface area contributed by atoms with Crippen molar-refractivity contribution in [2.24, 2.45) is 0 Å². The number of aromatic nitrogens is 1. The third-order valence-corrected chi connectivity index (χ3v) is 3.38. The van der Waals surface area contributed by atoms with Gasteiger partial charge in [0.1, 0.15) is 5.82 Å². The van der Waals surface area contributed by atoms with Crippen molar-refractivity contribution < 1.29 is 4.79 Å². The fourth-order valence-electron chi connectivity index (χ4n) is 2.14. The first kappa shape index (κ1) is 12.8. The normalized spacial score (nSPS) is 16.7. The molecule has 1 aromatic rings. The molecule has 0 aromatic carbocycles. The molecule has 5 nitrogen and oxygen atoms in total. The minimum absolute atomic E-state index is 0.0927. The van der Waals surface area contributed by atoms with Crippen LogP contribution in [-0.2, 0) is 0 Å². The summed E-state index contributed by atoms with van der Waals surface area (Å²) in [4.78, 5) is 20.5. The van der Waals surface area contributed by atoms with Crippen molar-refractivity contribution in [1.82, 2.24) is 15.2 Å². The average Bonchev–Trinajstić information content (AvgIpc) is 2.47. The van der Waals surface area contributed by atoms with Gasteiger partial charge in [-0.3, -0.25) is 4.79 Å². The summed E-state index contributed by atoms with van der Waals surface area (Å²) in [7, 11) is 1.63. The van der Waals surface area contributed by atoms with E-state index in [0.29, 0.717) is 5.56 Å². The van der Waals surface area contributed by atoms with Crippen LogP contribution in [0.1, 0.15) is 17.3 Å². The van der Waals surface area contributed by atoms with Crippen LogP contribution >= 0.6 is 0 Å². The molecule has 18 heavy (non-hydrogen) atoms. The van der Waals surface area contributed by atoms with Crippen LogP contribution in [0.3, 0.4) is 0 Å². The summed E-state index contributed by atoms with van der Waals surface area (Å²) in [6.07, 6.45) is 1.64. The smallest absolute Gasteiger partial charge is 0.252 e. The molecule has 1 amide bonds. The lowest BCUT2D eigenvalue weighted by Crippen LogP contribution is -2.46. The number of anilines is 1. The molecule has 1 fully saturated rings. The van der Waals surface area contributed by atoms with Crippen LogP contribution in [0.2, 0.25) is 0 Å². The number of amides is 1. The van der Waals surface area contributed by atoms with Crippen molar-refractivity contribution in [3.05, 3.63) is 23.9 Å². The van der Waals surface area contributed by atoms with Crippen molar-refractivity contribution in [3.63, 3.8) is 0 Å². The first-order valence-electron chi connectivity index (χ1n) is 6.40. The molecule has 1 aromatic heterocycles. The second-order valence-corrected chi connectivity index (χ2v) is 4.41. The Bertz CT molecular complexity index is 396. The molecule has 0 bridgehead atoms. The predicted molar refractivity (Wildman–Crippen MR) is 72.0 cm³/mol. The van der Waals surface area contributed by atoms with Crippen molar-refractivity contribution in [1.29, 1.82) is 0 Å². The Morgan fingerprint density at radius 3 is 2.56 bits per heavy atom. The number of nitrogens with zero attached hydrogens (tertiary/aromatic N) is 3. The average molecular weight is 248 g/mol. The maximum atomic E-state index is 11.4. The number of nitrogens with one attached hydrogen (secondary N) is 1. The molecule has 0 unspecified atom stereocenters. The maximum absolute atomic E-state index is 11.4. The molecular formula is C13H20N4O. The van der Waals surface area contributed by atoms with Crippen molar-refractivity contribution >= 4 is 11.7 Å². The van der Waals surface area contributed by atoms with Crippen LogP contribution in [0.15, 0.2) is 18.3 Å². The lowest BCUT2D eigenvalue weighted by molar-refractivity contribution is 0.0963. The molecule has 1 saturated heterocycles. The van der Waals surface area contributed by atoms with Gasteiger partial charge >= 0.3 is 0 Å². The second kappa shape index (κ2) is 5.82. The Balaban J connectivity index is 2.00. The lowest BCUT2D eigenvalue weighted by atomic mass is 10.2. The Labute approximate surface area is 108 Å². The zero-order chi connectivity index (χ0) is 13.0. The predicted octanol–water partition coefficient (Wildman–Crippen LogP) is 0.583. The summed E-state index contributed by atoms with van der Waals surface area (Å²) in [6.45, 7) is 7.45. The van der Waals surface area contributed by atoms with Gasteiger partial charge in [-0.1, -0.05) is 6.92 Å². The van der Waals surface area contributed by atoms with Gasteiger partial charge in [-0.15, -0.1) is 0 Å². The number of piperazine rings is 1. The molecule has 2 rings (SSSR count). The Morgan fingerprint density at radius 2 is 2.06 bits per heavy atom.